The van der Waals surface area contributed by atoms with Crippen LogP contribution in [0.1, 0.15) is 49.4 Å². The average molecular weight is 424 g/mol. The molecule has 2 aromatic carbocycles. The summed E-state index contributed by atoms with van der Waals surface area (Å²) in [7, 11) is 0. The smallest absolute Gasteiger partial charge is 0.344 e. The van der Waals surface area contributed by atoms with Crippen LogP contribution in [0.15, 0.2) is 36.4 Å². The number of nitrogen functional groups attached to an aromatic ring is 1. The molecule has 7 heteroatoms. The van der Waals surface area contributed by atoms with Crippen LogP contribution < -0.4 is 16.0 Å². The predicted molar refractivity (Wildman–Crippen MR) is 120 cm³/mol. The van der Waals surface area contributed by atoms with E-state index in [0.29, 0.717) is 23.8 Å². The molecule has 1 aliphatic rings. The first-order valence-corrected chi connectivity index (χ1v) is 11.0. The topological polar surface area (TPSA) is 95.6 Å². The van der Waals surface area contributed by atoms with Crippen LogP contribution in [-0.2, 0) is 16.1 Å². The Morgan fingerprint density at radius 3 is 2.52 bits per heavy atom. The summed E-state index contributed by atoms with van der Waals surface area (Å²) in [4.78, 5) is 24.6. The number of aromatic nitrogens is 1. The number of carbonyl (C=O) groups excluding carboxylic acids is 2. The Hall–Kier alpha value is -3.06. The van der Waals surface area contributed by atoms with Gasteiger partial charge in [0.15, 0.2) is 6.61 Å². The predicted octanol–water partition coefficient (Wildman–Crippen LogP) is 3.92. The van der Waals surface area contributed by atoms with Gasteiger partial charge in [-0.25, -0.2) is 10.6 Å². The third-order valence-electron chi connectivity index (χ3n) is 5.98. The number of esters is 1. The zero-order valence-corrected chi connectivity index (χ0v) is 17.9. The van der Waals surface area contributed by atoms with Crippen molar-refractivity contribution in [3.8, 4) is 5.75 Å². The van der Waals surface area contributed by atoms with Gasteiger partial charge >= 0.3 is 5.97 Å². The van der Waals surface area contributed by atoms with Crippen molar-refractivity contribution in [3.05, 3.63) is 42.0 Å². The van der Waals surface area contributed by atoms with E-state index >= 15 is 0 Å². The highest BCUT2D eigenvalue weighted by Gasteiger charge is 2.23. The highest BCUT2D eigenvalue weighted by Crippen LogP contribution is 2.39. The van der Waals surface area contributed by atoms with E-state index in [1.807, 2.05) is 37.3 Å². The van der Waals surface area contributed by atoms with Crippen LogP contribution in [0, 0.1) is 5.92 Å². The van der Waals surface area contributed by atoms with E-state index < -0.39 is 5.97 Å². The number of hydrogen-bond donors (Lipinski definition) is 2. The highest BCUT2D eigenvalue weighted by molar-refractivity contribution is 6.19. The number of benzene rings is 2. The summed E-state index contributed by atoms with van der Waals surface area (Å²) in [5.74, 6) is 5.86. The minimum absolute atomic E-state index is 0.181. The fraction of sp³-hybridized carbons (Fsp3) is 0.417. The fourth-order valence-electron chi connectivity index (χ4n) is 4.58. The summed E-state index contributed by atoms with van der Waals surface area (Å²) in [5.41, 5.74) is 4.69. The second kappa shape index (κ2) is 9.39. The Balaban J connectivity index is 1.83. The lowest BCUT2D eigenvalue weighted by molar-refractivity contribution is -0.145. The number of hydrogen-bond acceptors (Lipinski definition) is 5. The van der Waals surface area contributed by atoms with Gasteiger partial charge in [-0.2, -0.15) is 0 Å². The Bertz CT molecular complexity index is 1100. The van der Waals surface area contributed by atoms with Gasteiger partial charge in [0.1, 0.15) is 5.75 Å². The summed E-state index contributed by atoms with van der Waals surface area (Å²) in [6.07, 6.45) is 5.70. The molecule has 1 saturated carbocycles. The van der Waals surface area contributed by atoms with E-state index in [1.54, 1.807) is 6.07 Å². The number of rotatable bonds is 8. The van der Waals surface area contributed by atoms with E-state index in [0.717, 1.165) is 34.8 Å². The van der Waals surface area contributed by atoms with Crippen LogP contribution in [0.4, 0.5) is 0 Å². The van der Waals surface area contributed by atoms with Gasteiger partial charge in [-0.15, -0.1) is 0 Å². The third-order valence-corrected chi connectivity index (χ3v) is 5.98. The van der Waals surface area contributed by atoms with Crippen molar-refractivity contribution in [2.45, 2.75) is 45.6 Å². The maximum atomic E-state index is 12.6. The molecule has 7 nitrogen and oxygen atoms in total. The molecule has 0 saturated heterocycles. The summed E-state index contributed by atoms with van der Waals surface area (Å²) < 4.78 is 13.3. The van der Waals surface area contributed by atoms with E-state index in [2.05, 4.69) is 9.99 Å². The van der Waals surface area contributed by atoms with Gasteiger partial charge in [0.25, 0.3) is 5.91 Å². The number of nitrogens with one attached hydrogen (secondary N) is 1. The quantitative estimate of drug-likeness (QED) is 0.248. The Labute approximate surface area is 181 Å². The van der Waals surface area contributed by atoms with Crippen molar-refractivity contribution < 1.29 is 19.1 Å². The lowest BCUT2D eigenvalue weighted by Crippen LogP contribution is -2.30. The standard InChI is InChI=1S/C24H29N3O4/c1-2-13-30-21(28)15-31-20-12-6-11-19-23(20)22-17(24(29)26-25)9-5-10-18(22)27(19)14-16-7-3-4-8-16/h5-6,9-12,16H,2-4,7-8,13-15,25H2,1H3,(H,26,29). The van der Waals surface area contributed by atoms with Gasteiger partial charge in [-0.05, 0) is 49.4 Å². The maximum Gasteiger partial charge on any atom is 0.344 e. The number of ether oxygens (including phenoxy) is 2. The minimum atomic E-state index is -0.409. The second-order valence-electron chi connectivity index (χ2n) is 8.09. The normalized spacial score (nSPS) is 14.3. The first-order chi connectivity index (χ1) is 15.1. The Morgan fingerprint density at radius 1 is 1.10 bits per heavy atom. The van der Waals surface area contributed by atoms with Gasteiger partial charge in [0.2, 0.25) is 0 Å². The molecule has 0 aliphatic heterocycles. The molecule has 0 spiro atoms. The molecule has 1 fully saturated rings. The van der Waals surface area contributed by atoms with Crippen molar-refractivity contribution in [1.82, 2.24) is 9.99 Å². The molecule has 1 heterocycles. The van der Waals surface area contributed by atoms with Crippen LogP contribution in [0.2, 0.25) is 0 Å². The lowest BCUT2D eigenvalue weighted by Gasteiger charge is -2.13. The number of nitrogens with two attached hydrogens (primary N) is 1. The van der Waals surface area contributed by atoms with Crippen LogP contribution in [0.25, 0.3) is 21.8 Å². The summed E-state index contributed by atoms with van der Waals surface area (Å²) in [5, 5.41) is 1.61. The van der Waals surface area contributed by atoms with Crippen LogP contribution in [-0.4, -0.2) is 29.7 Å². The number of hydrazine groups is 1. The third kappa shape index (κ3) is 4.23. The van der Waals surface area contributed by atoms with Crippen LogP contribution >= 0.6 is 0 Å². The molecule has 164 valence electrons. The Kier molecular flexibility index (Phi) is 6.42. The van der Waals surface area contributed by atoms with Gasteiger partial charge < -0.3 is 14.0 Å². The van der Waals surface area contributed by atoms with E-state index in [9.17, 15) is 9.59 Å². The molecule has 0 bridgehead atoms. The zero-order chi connectivity index (χ0) is 21.8. The lowest BCUT2D eigenvalue weighted by atomic mass is 10.1. The van der Waals surface area contributed by atoms with Crippen LogP contribution in [0.3, 0.4) is 0 Å². The molecular weight excluding hydrogens is 394 g/mol. The zero-order valence-electron chi connectivity index (χ0n) is 17.9. The monoisotopic (exact) mass is 423 g/mol. The summed E-state index contributed by atoms with van der Waals surface area (Å²) in [6, 6.07) is 11.4. The van der Waals surface area contributed by atoms with Crippen molar-refractivity contribution in [2.24, 2.45) is 11.8 Å². The van der Waals surface area contributed by atoms with Crippen molar-refractivity contribution in [3.63, 3.8) is 0 Å². The number of amides is 1. The van der Waals surface area contributed by atoms with E-state index in [-0.39, 0.29) is 12.5 Å². The second-order valence-corrected chi connectivity index (χ2v) is 8.09. The molecule has 3 N–H and O–H groups in total. The Morgan fingerprint density at radius 2 is 1.81 bits per heavy atom. The van der Waals surface area contributed by atoms with Crippen LogP contribution in [0.5, 0.6) is 5.75 Å². The van der Waals surface area contributed by atoms with Gasteiger partial charge in [0, 0.05) is 11.9 Å². The number of carbonyl (C=O) groups is 2. The number of fused-ring (bicyclic) bond motifs is 3. The molecule has 1 amide bonds. The first kappa shape index (κ1) is 21.2. The minimum Gasteiger partial charge on any atom is -0.481 e. The molecule has 0 unspecified atom stereocenters. The maximum absolute atomic E-state index is 12.6. The van der Waals surface area contributed by atoms with Gasteiger partial charge in [0.05, 0.1) is 28.6 Å². The molecule has 1 aliphatic carbocycles. The molecule has 3 aromatic rings. The fourth-order valence-corrected chi connectivity index (χ4v) is 4.58. The van der Waals surface area contributed by atoms with E-state index in [1.165, 1.54) is 25.7 Å². The molecule has 1 aromatic heterocycles. The van der Waals surface area contributed by atoms with Crippen molar-refractivity contribution in [1.29, 1.82) is 0 Å². The largest absolute Gasteiger partial charge is 0.481 e. The SMILES string of the molecule is CCCOC(=O)COc1cccc2c1c1c(C(=O)NN)cccc1n2CC1CCCC1. The summed E-state index contributed by atoms with van der Waals surface area (Å²) in [6.45, 7) is 3.02. The first-order valence-electron chi connectivity index (χ1n) is 11.0. The van der Waals surface area contributed by atoms with Crippen molar-refractivity contribution in [2.75, 3.05) is 13.2 Å². The van der Waals surface area contributed by atoms with Gasteiger partial charge in [-0.1, -0.05) is 31.9 Å². The molecule has 4 rings (SSSR count). The van der Waals surface area contributed by atoms with Crippen molar-refractivity contribution >= 4 is 33.7 Å². The average Bonchev–Trinajstić information content (AvgIpc) is 3.42. The number of nitrogens with zero attached hydrogens (tertiary/aromatic N) is 1. The van der Waals surface area contributed by atoms with E-state index in [4.69, 9.17) is 15.3 Å². The summed E-state index contributed by atoms with van der Waals surface area (Å²) >= 11 is 0. The molecular formula is C24H29N3O4. The van der Waals surface area contributed by atoms with Gasteiger partial charge in [-0.3, -0.25) is 10.2 Å². The molecule has 31 heavy (non-hydrogen) atoms. The molecule has 0 radical (unpaired) electrons. The highest BCUT2D eigenvalue weighted by atomic mass is 16.6. The molecule has 0 atom stereocenters.